The first-order valence-electron chi connectivity index (χ1n) is 5.97. The van der Waals surface area contributed by atoms with Gasteiger partial charge in [-0.25, -0.2) is 4.98 Å². The van der Waals surface area contributed by atoms with E-state index in [4.69, 9.17) is 4.74 Å². The second-order valence-corrected chi connectivity index (χ2v) is 4.98. The molecule has 4 nitrogen and oxygen atoms in total. The van der Waals surface area contributed by atoms with Gasteiger partial charge in [-0.2, -0.15) is 0 Å². The standard InChI is InChI=1S/C14H13N3OS/c1-2-6-15-12(3-1)11-4-5-13(17-9-11)18-10-14-16-7-8-19-14/h1-9,13,17H,10H2. The molecule has 2 aromatic heterocycles. The first kappa shape index (κ1) is 12.1. The van der Waals surface area contributed by atoms with Crippen LogP contribution in [-0.4, -0.2) is 16.2 Å². The molecule has 0 aliphatic carbocycles. The molecule has 1 aliphatic rings. The van der Waals surface area contributed by atoms with Gasteiger partial charge in [0.15, 0.2) is 0 Å². The van der Waals surface area contributed by atoms with Crippen molar-refractivity contribution >= 4 is 16.9 Å². The summed E-state index contributed by atoms with van der Waals surface area (Å²) in [6.07, 6.45) is 9.38. The number of rotatable bonds is 4. The minimum absolute atomic E-state index is 0.114. The third kappa shape index (κ3) is 3.07. The van der Waals surface area contributed by atoms with Crippen molar-refractivity contribution < 1.29 is 4.74 Å². The van der Waals surface area contributed by atoms with E-state index in [0.717, 1.165) is 16.3 Å². The van der Waals surface area contributed by atoms with E-state index in [1.54, 1.807) is 23.7 Å². The van der Waals surface area contributed by atoms with Crippen molar-refractivity contribution in [2.45, 2.75) is 12.8 Å². The second kappa shape index (κ2) is 5.77. The van der Waals surface area contributed by atoms with Crippen LogP contribution in [0.4, 0.5) is 0 Å². The third-order valence-corrected chi connectivity index (χ3v) is 3.44. The summed E-state index contributed by atoms with van der Waals surface area (Å²) in [4.78, 5) is 8.48. The van der Waals surface area contributed by atoms with E-state index in [0.29, 0.717) is 6.61 Å². The van der Waals surface area contributed by atoms with Crippen LogP contribution in [0.3, 0.4) is 0 Å². The lowest BCUT2D eigenvalue weighted by Gasteiger charge is -2.18. The summed E-state index contributed by atoms with van der Waals surface area (Å²) in [7, 11) is 0. The van der Waals surface area contributed by atoms with Gasteiger partial charge in [0.05, 0.1) is 5.69 Å². The minimum atomic E-state index is -0.114. The molecule has 0 saturated carbocycles. The van der Waals surface area contributed by atoms with Gasteiger partial charge in [0.25, 0.3) is 0 Å². The number of nitrogens with one attached hydrogen (secondary N) is 1. The maximum atomic E-state index is 5.70. The van der Waals surface area contributed by atoms with Crippen LogP contribution >= 0.6 is 11.3 Å². The monoisotopic (exact) mass is 271 g/mol. The third-order valence-electron chi connectivity index (χ3n) is 2.68. The van der Waals surface area contributed by atoms with Gasteiger partial charge in [-0.05, 0) is 18.2 Å². The van der Waals surface area contributed by atoms with Gasteiger partial charge >= 0.3 is 0 Å². The number of hydrogen-bond donors (Lipinski definition) is 1. The number of nitrogens with zero attached hydrogens (tertiary/aromatic N) is 2. The molecule has 1 N–H and O–H groups in total. The summed E-state index contributed by atoms with van der Waals surface area (Å²) in [6.45, 7) is 0.520. The average Bonchev–Trinajstić information content (AvgIpc) is 3.00. The Labute approximate surface area is 115 Å². The maximum absolute atomic E-state index is 5.70. The van der Waals surface area contributed by atoms with E-state index in [2.05, 4.69) is 15.3 Å². The molecule has 19 heavy (non-hydrogen) atoms. The maximum Gasteiger partial charge on any atom is 0.147 e. The summed E-state index contributed by atoms with van der Waals surface area (Å²) in [5.74, 6) is 0. The normalized spacial score (nSPS) is 17.9. The van der Waals surface area contributed by atoms with E-state index in [1.807, 2.05) is 41.9 Å². The summed E-state index contributed by atoms with van der Waals surface area (Å²) in [5, 5.41) is 6.12. The van der Waals surface area contributed by atoms with Crippen molar-refractivity contribution in [2.24, 2.45) is 0 Å². The zero-order valence-corrected chi connectivity index (χ0v) is 11.0. The van der Waals surface area contributed by atoms with Gasteiger partial charge in [-0.15, -0.1) is 11.3 Å². The molecule has 1 unspecified atom stereocenters. The first-order valence-corrected chi connectivity index (χ1v) is 6.85. The lowest BCUT2D eigenvalue weighted by molar-refractivity contribution is 0.0582. The van der Waals surface area contributed by atoms with Gasteiger partial charge in [-0.1, -0.05) is 12.1 Å². The van der Waals surface area contributed by atoms with Crippen LogP contribution in [0, 0.1) is 0 Å². The Morgan fingerprint density at radius 1 is 1.26 bits per heavy atom. The number of dihydropyridines is 1. The number of hydrogen-bond acceptors (Lipinski definition) is 5. The Bertz CT molecular complexity index is 578. The molecule has 96 valence electrons. The Morgan fingerprint density at radius 2 is 2.26 bits per heavy atom. The van der Waals surface area contributed by atoms with Gasteiger partial charge < -0.3 is 10.1 Å². The molecule has 1 atom stereocenters. The Hall–Kier alpha value is -1.98. The summed E-state index contributed by atoms with van der Waals surface area (Å²) >= 11 is 1.60. The Kier molecular flexibility index (Phi) is 3.67. The summed E-state index contributed by atoms with van der Waals surface area (Å²) in [6, 6.07) is 5.86. The molecule has 0 amide bonds. The molecular weight excluding hydrogens is 258 g/mol. The fourth-order valence-electron chi connectivity index (χ4n) is 1.75. The molecule has 0 aromatic carbocycles. The predicted molar refractivity (Wildman–Crippen MR) is 75.2 cm³/mol. The second-order valence-electron chi connectivity index (χ2n) is 4.00. The zero-order valence-electron chi connectivity index (χ0n) is 10.2. The summed E-state index contributed by atoms with van der Waals surface area (Å²) in [5.41, 5.74) is 2.00. The highest BCUT2D eigenvalue weighted by Crippen LogP contribution is 2.16. The molecule has 0 bridgehead atoms. The van der Waals surface area contributed by atoms with Gasteiger partial charge in [0, 0.05) is 29.5 Å². The van der Waals surface area contributed by atoms with E-state index < -0.39 is 0 Å². The zero-order chi connectivity index (χ0) is 12.9. The van der Waals surface area contributed by atoms with Crippen LogP contribution in [0.5, 0.6) is 0 Å². The molecule has 5 heteroatoms. The highest BCUT2D eigenvalue weighted by Gasteiger charge is 2.10. The quantitative estimate of drug-likeness (QED) is 0.928. The highest BCUT2D eigenvalue weighted by molar-refractivity contribution is 7.09. The number of pyridine rings is 1. The van der Waals surface area contributed by atoms with Crippen LogP contribution < -0.4 is 5.32 Å². The van der Waals surface area contributed by atoms with Crippen molar-refractivity contribution in [1.29, 1.82) is 0 Å². The minimum Gasteiger partial charge on any atom is -0.362 e. The molecule has 1 aliphatic heterocycles. The van der Waals surface area contributed by atoms with Crippen molar-refractivity contribution in [3.8, 4) is 0 Å². The molecule has 0 fully saturated rings. The van der Waals surface area contributed by atoms with Crippen LogP contribution in [-0.2, 0) is 11.3 Å². The van der Waals surface area contributed by atoms with Crippen LogP contribution in [0.15, 0.2) is 54.3 Å². The molecular formula is C14H13N3OS. The van der Waals surface area contributed by atoms with Crippen molar-refractivity contribution in [1.82, 2.24) is 15.3 Å². The molecule has 3 rings (SSSR count). The van der Waals surface area contributed by atoms with Crippen molar-refractivity contribution in [2.75, 3.05) is 0 Å². The number of ether oxygens (including phenoxy) is 1. The predicted octanol–water partition coefficient (Wildman–Crippen LogP) is 2.58. The highest BCUT2D eigenvalue weighted by atomic mass is 32.1. The number of allylic oxidation sites excluding steroid dienone is 2. The largest absolute Gasteiger partial charge is 0.362 e. The molecule has 2 aromatic rings. The van der Waals surface area contributed by atoms with Crippen LogP contribution in [0.2, 0.25) is 0 Å². The van der Waals surface area contributed by atoms with Crippen LogP contribution in [0.25, 0.3) is 5.57 Å². The van der Waals surface area contributed by atoms with E-state index in [9.17, 15) is 0 Å². The van der Waals surface area contributed by atoms with E-state index in [1.165, 1.54) is 0 Å². The first-order chi connectivity index (χ1) is 9.42. The van der Waals surface area contributed by atoms with E-state index in [-0.39, 0.29) is 6.23 Å². The van der Waals surface area contributed by atoms with Gasteiger partial charge in [0.1, 0.15) is 17.8 Å². The molecule has 0 radical (unpaired) electrons. The van der Waals surface area contributed by atoms with Crippen LogP contribution in [0.1, 0.15) is 10.7 Å². The van der Waals surface area contributed by atoms with Gasteiger partial charge in [-0.3, -0.25) is 4.98 Å². The van der Waals surface area contributed by atoms with Crippen molar-refractivity contribution in [3.05, 3.63) is 65.0 Å². The number of aromatic nitrogens is 2. The Morgan fingerprint density at radius 3 is 2.95 bits per heavy atom. The molecule has 0 saturated heterocycles. The molecule has 3 heterocycles. The van der Waals surface area contributed by atoms with E-state index >= 15 is 0 Å². The lowest BCUT2D eigenvalue weighted by Crippen LogP contribution is -2.27. The molecule has 0 spiro atoms. The number of thiazole rings is 1. The smallest absolute Gasteiger partial charge is 0.147 e. The Balaban J connectivity index is 1.57. The SMILES string of the molecule is C1=CC(OCc2nccs2)NC=C1c1ccccn1. The topological polar surface area (TPSA) is 47.0 Å². The van der Waals surface area contributed by atoms with Gasteiger partial charge in [0.2, 0.25) is 0 Å². The fourth-order valence-corrected chi connectivity index (χ4v) is 2.29. The lowest BCUT2D eigenvalue weighted by atomic mass is 10.1. The summed E-state index contributed by atoms with van der Waals surface area (Å²) < 4.78 is 5.70. The average molecular weight is 271 g/mol. The van der Waals surface area contributed by atoms with Crippen molar-refractivity contribution in [3.63, 3.8) is 0 Å². The fraction of sp³-hybridized carbons (Fsp3) is 0.143.